The minimum Gasteiger partial charge on any atom is -0.744 e. The van der Waals surface area contributed by atoms with E-state index in [1.54, 1.807) is 0 Å². The van der Waals surface area contributed by atoms with Gasteiger partial charge in [0.05, 0.1) is 44.0 Å². The van der Waals surface area contributed by atoms with Gasteiger partial charge in [-0.05, 0) is 54.6 Å². The average Bonchev–Trinajstić information content (AvgIpc) is 3.20. The molecule has 0 aliphatic carbocycles. The molecule has 0 saturated heterocycles. The topological polar surface area (TPSA) is 486 Å². The molecule has 4 aromatic carbocycles. The smallest absolute Gasteiger partial charge is 0.744 e. The maximum absolute atomic E-state index is 13.7. The van der Waals surface area contributed by atoms with E-state index in [4.69, 9.17) is 0 Å². The van der Waals surface area contributed by atoms with Crippen molar-refractivity contribution in [3.8, 4) is 17.2 Å². The summed E-state index contributed by atoms with van der Waals surface area (Å²) in [4.78, 5) is 1.06. The minimum absolute atomic E-state index is 0. The minimum atomic E-state index is -5.77. The van der Waals surface area contributed by atoms with E-state index in [-0.39, 0.29) is 176 Å². The van der Waals surface area contributed by atoms with Crippen LogP contribution in [0.25, 0.3) is 0 Å². The predicted molar refractivity (Wildman–Crippen MR) is 208 cm³/mol. The van der Waals surface area contributed by atoms with Crippen LogP contribution in [-0.4, -0.2) is 97.9 Å². The van der Waals surface area contributed by atoms with Crippen molar-refractivity contribution in [2.24, 2.45) is 30.7 Å². The van der Waals surface area contributed by atoms with Crippen LogP contribution in [0.15, 0.2) is 116 Å². The van der Waals surface area contributed by atoms with E-state index >= 15 is 0 Å². The summed E-state index contributed by atoms with van der Waals surface area (Å²) in [5.41, 5.74) is -7.32. The first-order valence-electron chi connectivity index (χ1n) is 16.8. The predicted octanol–water partition coefficient (Wildman–Crippen LogP) is -11.9. The van der Waals surface area contributed by atoms with Crippen molar-refractivity contribution in [1.29, 1.82) is 0 Å². The van der Waals surface area contributed by atoms with Gasteiger partial charge in [-0.25, -0.2) is 42.1 Å². The molecule has 0 spiro atoms. The molecular weight excluding hydrogens is 1170 g/mol. The number of phenols is 3. The van der Waals surface area contributed by atoms with Gasteiger partial charge in [-0.3, -0.25) is 9.22 Å². The third-order valence-electron chi connectivity index (χ3n) is 7.78. The summed E-state index contributed by atoms with van der Waals surface area (Å²) in [6.07, 6.45) is -1.55. The summed E-state index contributed by atoms with van der Waals surface area (Å²) in [7, 11) is -26.8. The Morgan fingerprint density at radius 3 is 1.53 bits per heavy atom. The Morgan fingerprint density at radius 2 is 1.07 bits per heavy atom. The number of phenolic OH excluding ortho intramolecular Hbond substituents is 3. The summed E-state index contributed by atoms with van der Waals surface area (Å²) in [6.45, 7) is -1.25. The molecule has 1 heterocycles. The number of rotatable bonds is 19. The first kappa shape index (κ1) is 71.6. The second-order valence-electron chi connectivity index (χ2n) is 12.2. The number of hydrogen-bond acceptors (Lipinski definition) is 31. The molecule has 30 nitrogen and oxygen atoms in total. The number of anilines is 2. The van der Waals surface area contributed by atoms with E-state index < -0.39 is 152 Å². The number of aromatic hydroxyl groups is 3. The third-order valence-corrected chi connectivity index (χ3v) is 13.1. The van der Waals surface area contributed by atoms with Crippen LogP contribution in [0.4, 0.5) is 54.4 Å². The molecule has 1 aromatic heterocycles. The number of halogens is 2. The first-order valence-corrected chi connectivity index (χ1v) is 24.7. The molecule has 4 N–H and O–H groups in total. The summed E-state index contributed by atoms with van der Waals surface area (Å²) >= 11 is 0.146. The fraction of sp³-hybridized carbons (Fsp3) is 0.0667. The van der Waals surface area contributed by atoms with Crippen molar-refractivity contribution in [2.45, 2.75) is 24.5 Å². The second-order valence-corrected chi connectivity index (χ2v) is 20.2. The average molecular weight is 1190 g/mol. The normalized spacial score (nSPS) is 12.1. The van der Waals surface area contributed by atoms with Crippen LogP contribution in [0.3, 0.4) is 0 Å². The molecule has 0 aliphatic rings. The van der Waals surface area contributed by atoms with Crippen molar-refractivity contribution in [3.05, 3.63) is 72.7 Å². The molecule has 0 amide bonds. The van der Waals surface area contributed by atoms with Crippen molar-refractivity contribution in [3.63, 3.8) is 0 Å². The zero-order valence-corrected chi connectivity index (χ0v) is 52.1. The number of benzene rings is 4. The van der Waals surface area contributed by atoms with Gasteiger partial charge in [0.15, 0.2) is 44.1 Å². The van der Waals surface area contributed by atoms with E-state index in [9.17, 15) is 89.7 Å². The molecule has 0 aliphatic heterocycles. The van der Waals surface area contributed by atoms with Gasteiger partial charge in [0, 0.05) is 16.6 Å². The maximum atomic E-state index is 13.7. The van der Waals surface area contributed by atoms with Crippen LogP contribution < -0.4 is 158 Å². The zero-order valence-electron chi connectivity index (χ0n) is 37.2. The Morgan fingerprint density at radius 1 is 0.589 bits per heavy atom. The molecule has 5 aromatic rings. The molecule has 5 rings (SSSR count). The molecule has 0 radical (unpaired) electrons. The SMILES string of the molecule is O=S(=O)([O-])OCCS(=O)(=O)c1ccc(N=Nc2c(O)c(N=Nc3cc(Nc4cc(F)nc(F)n4)ccc3S(=O)(=O)[O-])c(O)c(N=Nc3cc(SOO[O-])ccc3S(=O)(=O)[O-])c2O)c(S(=O)(=O)[O-])c1.[Na+].[Na+].[Na+].[Na+].[Na+]. The molecule has 0 bridgehead atoms. The molecule has 0 saturated carbocycles. The summed E-state index contributed by atoms with van der Waals surface area (Å²) < 4.78 is 202. The summed E-state index contributed by atoms with van der Waals surface area (Å²) in [6, 6.07) is 6.35. The molecule has 0 unspecified atom stereocenters. The van der Waals surface area contributed by atoms with E-state index in [0.717, 1.165) is 18.2 Å². The van der Waals surface area contributed by atoms with Gasteiger partial charge in [-0.15, -0.1) is 30.7 Å². The maximum Gasteiger partial charge on any atom is 1.00 e. The van der Waals surface area contributed by atoms with Crippen molar-refractivity contribution < 1.29 is 251 Å². The Balaban J connectivity index is 0.0000104. The molecule has 364 valence electrons. The van der Waals surface area contributed by atoms with Crippen molar-refractivity contribution in [1.82, 2.24) is 9.97 Å². The van der Waals surface area contributed by atoms with E-state index in [1.807, 2.05) is 0 Å². The van der Waals surface area contributed by atoms with Crippen LogP contribution in [0.2, 0.25) is 0 Å². The molecular formula is C30H18F2N9Na5O21S6. The van der Waals surface area contributed by atoms with Crippen LogP contribution in [0, 0.1) is 12.0 Å². The molecule has 0 fully saturated rings. The van der Waals surface area contributed by atoms with E-state index in [1.165, 1.54) is 0 Å². The molecule has 73 heavy (non-hydrogen) atoms. The fourth-order valence-corrected chi connectivity index (χ4v) is 8.77. The fourth-order valence-electron chi connectivity index (χ4n) is 4.98. The number of nitrogens with one attached hydrogen (secondary N) is 1. The Bertz CT molecular complexity index is 3500. The number of aromatic nitrogens is 2. The van der Waals surface area contributed by atoms with Crippen molar-refractivity contribution >= 4 is 108 Å². The summed E-state index contributed by atoms with van der Waals surface area (Å²) in [5, 5.41) is 70.4. The van der Waals surface area contributed by atoms with Crippen molar-refractivity contribution in [2.75, 3.05) is 17.7 Å². The second kappa shape index (κ2) is 29.5. The van der Waals surface area contributed by atoms with Gasteiger partial charge in [0.25, 0.3) is 0 Å². The van der Waals surface area contributed by atoms with Gasteiger partial charge in [0.1, 0.15) is 53.2 Å². The Labute approximate surface area is 524 Å². The monoisotopic (exact) mass is 1180 g/mol. The first-order chi connectivity index (χ1) is 31.5. The standard InChI is InChI=1S/C30H23F2N9O21S6.5Na/c31-22-12-23(35-30(32)34-22)33-13-1-5-19(65(48,49)50)17(9-13)37-40-25-27(42)24(28(43)26(29(25)44)41-38-18-10-14(63-62-61-45)2-6-20(18)66(51,52)53)39-36-16-4-3-15(11-21(16)67(54,55)56)64(46,47)8-7-60-68(57,58)59;;;;;/h1-6,9-12,42-45H,7-8H2,(H,33,34,35)(H,48,49,50)(H,51,52,53)(H,54,55,56)(H,57,58,59);;;;;/q;5*+1/p-5. The zero-order chi connectivity index (χ0) is 50.6. The van der Waals surface area contributed by atoms with E-state index in [0.29, 0.717) is 36.4 Å². The van der Waals surface area contributed by atoms with Crippen LogP contribution in [0.1, 0.15) is 0 Å². The number of sulfone groups is 1. The summed E-state index contributed by atoms with van der Waals surface area (Å²) in [5.74, 6) is -7.83. The number of nitrogens with zero attached hydrogens (tertiary/aromatic N) is 8. The van der Waals surface area contributed by atoms with Crippen LogP contribution in [0.5, 0.6) is 17.2 Å². The van der Waals surface area contributed by atoms with Gasteiger partial charge < -0.3 is 44.1 Å². The molecule has 43 heteroatoms. The third kappa shape index (κ3) is 20.1. The van der Waals surface area contributed by atoms with E-state index in [2.05, 4.69) is 59.5 Å². The van der Waals surface area contributed by atoms with Crippen LogP contribution >= 0.6 is 12.0 Å². The van der Waals surface area contributed by atoms with Gasteiger partial charge in [-0.2, -0.15) is 23.1 Å². The Hall–Kier alpha value is -1.40. The quantitative estimate of drug-likeness (QED) is 0.00686. The number of hydrogen-bond donors (Lipinski definition) is 4. The van der Waals surface area contributed by atoms with Crippen LogP contribution in [-0.2, 0) is 64.1 Å². The molecule has 0 atom stereocenters. The van der Waals surface area contributed by atoms with Gasteiger partial charge in [-0.1, -0.05) is 0 Å². The largest absolute Gasteiger partial charge is 1.00 e. The Kier molecular flexibility index (Phi) is 29.0. The van der Waals surface area contributed by atoms with Gasteiger partial charge in [0.2, 0.25) is 16.3 Å². The number of azo groups is 3. The van der Waals surface area contributed by atoms with Gasteiger partial charge >= 0.3 is 154 Å².